The van der Waals surface area contributed by atoms with Crippen molar-refractivity contribution in [2.24, 2.45) is 0 Å². The van der Waals surface area contributed by atoms with Crippen molar-refractivity contribution >= 4 is 38.7 Å². The van der Waals surface area contributed by atoms with Crippen LogP contribution in [0.3, 0.4) is 0 Å². The van der Waals surface area contributed by atoms with Crippen LogP contribution >= 0.6 is 12.2 Å². The Labute approximate surface area is 228 Å². The van der Waals surface area contributed by atoms with E-state index in [1.54, 1.807) is 18.3 Å². The summed E-state index contributed by atoms with van der Waals surface area (Å²) in [5.74, 6) is 0.411. The Morgan fingerprint density at radius 2 is 1.79 bits per heavy atom. The van der Waals surface area contributed by atoms with Crippen molar-refractivity contribution in [1.82, 2.24) is 14.9 Å². The van der Waals surface area contributed by atoms with Gasteiger partial charge >= 0.3 is 0 Å². The quantitative estimate of drug-likeness (QED) is 0.313. The average molecular weight is 548 g/mol. The molecule has 1 aliphatic rings. The molecule has 0 amide bonds. The topological polar surface area (TPSA) is 88.5 Å². The number of benzene rings is 2. The summed E-state index contributed by atoms with van der Waals surface area (Å²) in [6, 6.07) is 21.1. The number of thiocarbonyl (C=S) groups is 1. The van der Waals surface area contributed by atoms with Gasteiger partial charge in [0.15, 0.2) is 5.11 Å². The molecule has 2 atom stereocenters. The lowest BCUT2D eigenvalue weighted by Crippen LogP contribution is -2.30. The lowest BCUT2D eigenvalue weighted by molar-refractivity contribution is 0.417. The predicted molar refractivity (Wildman–Crippen MR) is 155 cm³/mol. The van der Waals surface area contributed by atoms with E-state index < -0.39 is 10.0 Å². The van der Waals surface area contributed by atoms with Gasteiger partial charge < -0.3 is 19.5 Å². The molecule has 0 saturated carbocycles. The van der Waals surface area contributed by atoms with Crippen LogP contribution in [0.1, 0.15) is 34.6 Å². The maximum Gasteiger partial charge on any atom is 0.229 e. The van der Waals surface area contributed by atoms with Gasteiger partial charge in [0.2, 0.25) is 10.0 Å². The Balaban J connectivity index is 1.67. The van der Waals surface area contributed by atoms with Crippen LogP contribution in [0.2, 0.25) is 0 Å². The van der Waals surface area contributed by atoms with Crippen LogP contribution in [0.15, 0.2) is 79.1 Å². The Hall–Kier alpha value is -3.89. The maximum atomic E-state index is 12.1. The molecule has 2 N–H and O–H groups in total. The third-order valence-corrected chi connectivity index (χ3v) is 7.61. The molecule has 1 fully saturated rings. The van der Waals surface area contributed by atoms with Gasteiger partial charge in [-0.1, -0.05) is 12.1 Å². The second kappa shape index (κ2) is 10.1. The largest absolute Gasteiger partial charge is 0.495 e. The highest BCUT2D eigenvalue weighted by Crippen LogP contribution is 2.44. The second-order valence-corrected chi connectivity index (χ2v) is 11.5. The number of anilines is 2. The fourth-order valence-electron chi connectivity index (χ4n) is 4.80. The molecule has 0 unspecified atom stereocenters. The molecular formula is C28H29N5O3S2. The van der Waals surface area contributed by atoms with Crippen LogP contribution in [-0.4, -0.2) is 36.4 Å². The van der Waals surface area contributed by atoms with Crippen molar-refractivity contribution in [1.29, 1.82) is 0 Å². The third kappa shape index (κ3) is 4.97. The molecule has 3 heterocycles. The SMILES string of the molecule is COc1ccc(N2C(=S)N[C@H](c3ccccn3)[C@H]2c2cccn2-c2ccc(C)c(C)c2)cc1NS(C)(=O)=O. The number of sulfonamides is 1. The average Bonchev–Trinajstić information content (AvgIpc) is 3.49. The van der Waals surface area contributed by atoms with Crippen LogP contribution in [0.25, 0.3) is 5.69 Å². The van der Waals surface area contributed by atoms with Gasteiger partial charge in [-0.15, -0.1) is 0 Å². The molecule has 196 valence electrons. The number of methoxy groups -OCH3 is 1. The summed E-state index contributed by atoms with van der Waals surface area (Å²) in [6.07, 6.45) is 4.92. The van der Waals surface area contributed by atoms with E-state index >= 15 is 0 Å². The molecule has 5 rings (SSSR count). The van der Waals surface area contributed by atoms with E-state index in [4.69, 9.17) is 17.0 Å². The monoisotopic (exact) mass is 547 g/mol. The van der Waals surface area contributed by atoms with E-state index in [0.29, 0.717) is 22.2 Å². The summed E-state index contributed by atoms with van der Waals surface area (Å²) in [4.78, 5) is 6.64. The van der Waals surface area contributed by atoms with Crippen molar-refractivity contribution in [3.05, 3.63) is 102 Å². The lowest BCUT2D eigenvalue weighted by atomic mass is 10.0. The van der Waals surface area contributed by atoms with Crippen LogP contribution in [0.5, 0.6) is 5.75 Å². The van der Waals surface area contributed by atoms with E-state index in [1.807, 2.05) is 41.4 Å². The Kier molecular flexibility index (Phi) is 6.85. The van der Waals surface area contributed by atoms with Crippen LogP contribution in [-0.2, 0) is 10.0 Å². The van der Waals surface area contributed by atoms with Gasteiger partial charge in [0, 0.05) is 29.5 Å². The summed E-state index contributed by atoms with van der Waals surface area (Å²) in [5, 5.41) is 3.97. The second-order valence-electron chi connectivity index (χ2n) is 9.33. The van der Waals surface area contributed by atoms with Gasteiger partial charge in [-0.2, -0.15) is 0 Å². The molecule has 8 nitrogen and oxygen atoms in total. The van der Waals surface area contributed by atoms with Gasteiger partial charge in [0.05, 0.1) is 30.8 Å². The first-order chi connectivity index (χ1) is 18.2. The smallest absolute Gasteiger partial charge is 0.229 e. The first-order valence-corrected chi connectivity index (χ1v) is 14.4. The standard InChI is InChI=1S/C28H29N5O3S2/c1-18-10-11-20(16-19(18)2)32-15-7-9-24(32)27-26(22-8-5-6-14-29-22)30-28(37)33(27)21-12-13-25(36-3)23(17-21)31-38(4,34)35/h5-17,26-27,31H,1-4H3,(H,30,37)/t26-,27-/m1/s1. The first kappa shape index (κ1) is 25.7. The van der Waals surface area contributed by atoms with E-state index in [0.717, 1.165) is 23.3 Å². The highest BCUT2D eigenvalue weighted by atomic mass is 32.2. The van der Waals surface area contributed by atoms with Crippen LogP contribution in [0.4, 0.5) is 11.4 Å². The zero-order valence-electron chi connectivity index (χ0n) is 21.5. The fourth-order valence-corrected chi connectivity index (χ4v) is 5.71. The molecule has 1 aliphatic heterocycles. The highest BCUT2D eigenvalue weighted by Gasteiger charge is 2.42. The first-order valence-electron chi connectivity index (χ1n) is 12.1. The molecule has 2 aromatic carbocycles. The van der Waals surface area contributed by atoms with Gasteiger partial charge in [-0.25, -0.2) is 8.42 Å². The molecule has 0 bridgehead atoms. The summed E-state index contributed by atoms with van der Waals surface area (Å²) < 4.78 is 34.3. The molecule has 10 heteroatoms. The van der Waals surface area contributed by atoms with Gasteiger partial charge in [-0.05, 0) is 91.8 Å². The van der Waals surface area contributed by atoms with Crippen molar-refractivity contribution in [3.8, 4) is 11.4 Å². The lowest BCUT2D eigenvalue weighted by Gasteiger charge is -2.29. The van der Waals surface area contributed by atoms with E-state index in [-0.39, 0.29) is 12.1 Å². The molecule has 0 radical (unpaired) electrons. The molecular weight excluding hydrogens is 518 g/mol. The zero-order valence-corrected chi connectivity index (χ0v) is 23.2. The number of ether oxygens (including phenoxy) is 1. The third-order valence-electron chi connectivity index (χ3n) is 6.71. The minimum absolute atomic E-state index is 0.252. The summed E-state index contributed by atoms with van der Waals surface area (Å²) in [7, 11) is -2.03. The number of aromatic nitrogens is 2. The number of rotatable bonds is 7. The van der Waals surface area contributed by atoms with Gasteiger partial charge in [0.1, 0.15) is 11.8 Å². The van der Waals surface area contributed by atoms with Crippen molar-refractivity contribution in [3.63, 3.8) is 0 Å². The van der Waals surface area contributed by atoms with E-state index in [9.17, 15) is 8.42 Å². The summed E-state index contributed by atoms with van der Waals surface area (Å²) in [5.41, 5.74) is 6.36. The number of aryl methyl sites for hydroxylation is 2. The minimum atomic E-state index is -3.54. The Morgan fingerprint density at radius 1 is 1.00 bits per heavy atom. The van der Waals surface area contributed by atoms with Gasteiger partial charge in [-0.3, -0.25) is 9.71 Å². The Bertz CT molecular complexity index is 1600. The fraction of sp³-hybridized carbons (Fsp3) is 0.214. The molecule has 0 aliphatic carbocycles. The minimum Gasteiger partial charge on any atom is -0.495 e. The van der Waals surface area contributed by atoms with Crippen molar-refractivity contribution in [2.75, 3.05) is 23.0 Å². The van der Waals surface area contributed by atoms with Gasteiger partial charge in [0.25, 0.3) is 0 Å². The van der Waals surface area contributed by atoms with Crippen molar-refractivity contribution in [2.45, 2.75) is 25.9 Å². The predicted octanol–water partition coefficient (Wildman–Crippen LogP) is 5.05. The van der Waals surface area contributed by atoms with Crippen LogP contribution < -0.4 is 19.7 Å². The maximum absolute atomic E-state index is 12.1. The zero-order chi connectivity index (χ0) is 27.0. The normalized spacial score (nSPS) is 17.4. The number of nitrogens with zero attached hydrogens (tertiary/aromatic N) is 3. The number of hydrogen-bond acceptors (Lipinski definition) is 5. The molecule has 1 saturated heterocycles. The molecule has 4 aromatic rings. The molecule has 0 spiro atoms. The summed E-state index contributed by atoms with van der Waals surface area (Å²) >= 11 is 5.87. The van der Waals surface area contributed by atoms with Crippen LogP contribution in [0, 0.1) is 13.8 Å². The van der Waals surface area contributed by atoms with E-state index in [1.165, 1.54) is 18.2 Å². The van der Waals surface area contributed by atoms with E-state index in [2.05, 4.69) is 57.7 Å². The number of hydrogen-bond donors (Lipinski definition) is 2. The Morgan fingerprint density at radius 3 is 2.47 bits per heavy atom. The van der Waals surface area contributed by atoms with Crippen molar-refractivity contribution < 1.29 is 13.2 Å². The molecule has 38 heavy (non-hydrogen) atoms. The number of pyridine rings is 1. The highest BCUT2D eigenvalue weighted by molar-refractivity contribution is 7.92. The summed E-state index contributed by atoms with van der Waals surface area (Å²) in [6.45, 7) is 4.20. The molecule has 2 aromatic heterocycles. The number of nitrogens with one attached hydrogen (secondary N) is 2.